The molecule has 0 saturated carbocycles. The van der Waals surface area contributed by atoms with Gasteiger partial charge >= 0.3 is 6.09 Å². The standard InChI is InChI=1S/C18H30N2O4S/c1-13(21)25-12-15-8-16(22)20(11-15)10-14-6-5-7-19(9-14)17(23)24-18(2,3)4/h14-15H,5-12H2,1-4H3. The van der Waals surface area contributed by atoms with E-state index in [2.05, 4.69) is 0 Å². The number of nitrogens with zero attached hydrogens (tertiary/aromatic N) is 2. The molecule has 2 heterocycles. The lowest BCUT2D eigenvalue weighted by atomic mass is 9.98. The molecule has 6 nitrogen and oxygen atoms in total. The quantitative estimate of drug-likeness (QED) is 0.761. The Balaban J connectivity index is 1.83. The van der Waals surface area contributed by atoms with E-state index in [0.29, 0.717) is 31.2 Å². The van der Waals surface area contributed by atoms with Crippen LogP contribution in [-0.2, 0) is 14.3 Å². The van der Waals surface area contributed by atoms with Crippen molar-refractivity contribution in [3.63, 3.8) is 0 Å². The van der Waals surface area contributed by atoms with Gasteiger partial charge in [0.25, 0.3) is 0 Å². The van der Waals surface area contributed by atoms with E-state index in [1.807, 2.05) is 25.7 Å². The molecule has 0 aliphatic carbocycles. The van der Waals surface area contributed by atoms with Crippen LogP contribution in [0.15, 0.2) is 0 Å². The minimum Gasteiger partial charge on any atom is -0.444 e. The summed E-state index contributed by atoms with van der Waals surface area (Å²) in [7, 11) is 0. The van der Waals surface area contributed by atoms with E-state index in [1.165, 1.54) is 11.8 Å². The van der Waals surface area contributed by atoms with Crippen molar-refractivity contribution in [3.05, 3.63) is 0 Å². The maximum atomic E-state index is 12.3. The topological polar surface area (TPSA) is 66.9 Å². The minimum atomic E-state index is -0.490. The van der Waals surface area contributed by atoms with Crippen LogP contribution in [0.3, 0.4) is 0 Å². The van der Waals surface area contributed by atoms with E-state index >= 15 is 0 Å². The zero-order valence-corrected chi connectivity index (χ0v) is 16.6. The molecule has 0 aromatic rings. The molecule has 2 fully saturated rings. The van der Waals surface area contributed by atoms with Gasteiger partial charge in [-0.25, -0.2) is 4.79 Å². The van der Waals surface area contributed by atoms with Crippen LogP contribution in [-0.4, -0.2) is 64.4 Å². The van der Waals surface area contributed by atoms with Gasteiger partial charge in [-0.05, 0) is 45.4 Å². The fraction of sp³-hybridized carbons (Fsp3) is 0.833. The Kier molecular flexibility index (Phi) is 6.77. The molecule has 0 bridgehead atoms. The summed E-state index contributed by atoms with van der Waals surface area (Å²) in [6.07, 6.45) is 2.23. The highest BCUT2D eigenvalue weighted by Gasteiger charge is 2.34. The molecular weight excluding hydrogens is 340 g/mol. The van der Waals surface area contributed by atoms with Crippen molar-refractivity contribution in [2.75, 3.05) is 31.9 Å². The number of amides is 2. The SMILES string of the molecule is CC(=O)SCC1CC(=O)N(CC2CCCN(C(=O)OC(C)(C)C)C2)C1. The molecule has 0 spiro atoms. The van der Waals surface area contributed by atoms with Crippen LogP contribution >= 0.6 is 11.8 Å². The maximum absolute atomic E-state index is 12.3. The first-order chi connectivity index (χ1) is 11.6. The second-order valence-electron chi connectivity index (χ2n) is 8.11. The van der Waals surface area contributed by atoms with Crippen LogP contribution < -0.4 is 0 Å². The van der Waals surface area contributed by atoms with E-state index in [0.717, 1.165) is 25.9 Å². The zero-order chi connectivity index (χ0) is 18.6. The van der Waals surface area contributed by atoms with E-state index in [1.54, 1.807) is 11.8 Å². The number of ether oxygens (including phenoxy) is 1. The van der Waals surface area contributed by atoms with Crippen molar-refractivity contribution in [2.45, 2.75) is 52.6 Å². The van der Waals surface area contributed by atoms with Crippen molar-refractivity contribution in [1.82, 2.24) is 9.80 Å². The van der Waals surface area contributed by atoms with Crippen LogP contribution in [0.1, 0.15) is 47.0 Å². The molecule has 142 valence electrons. The fourth-order valence-corrected chi connectivity index (χ4v) is 4.09. The van der Waals surface area contributed by atoms with E-state index in [-0.39, 0.29) is 23.0 Å². The molecule has 2 unspecified atom stereocenters. The predicted molar refractivity (Wildman–Crippen MR) is 98.4 cm³/mol. The first kappa shape index (κ1) is 20.1. The summed E-state index contributed by atoms with van der Waals surface area (Å²) >= 11 is 1.30. The number of thioether (sulfide) groups is 1. The lowest BCUT2D eigenvalue weighted by Gasteiger charge is -2.35. The lowest BCUT2D eigenvalue weighted by Crippen LogP contribution is -2.45. The Labute approximate surface area is 154 Å². The molecule has 2 aliphatic rings. The first-order valence-corrected chi connectivity index (χ1v) is 10.0. The molecule has 0 radical (unpaired) electrons. The Morgan fingerprint density at radius 2 is 1.96 bits per heavy atom. The molecule has 0 aromatic heterocycles. The van der Waals surface area contributed by atoms with Gasteiger partial charge in [0, 0.05) is 45.3 Å². The van der Waals surface area contributed by atoms with Gasteiger partial charge in [0.05, 0.1) is 0 Å². The smallest absolute Gasteiger partial charge is 0.410 e. The third kappa shape index (κ3) is 6.53. The van der Waals surface area contributed by atoms with Crippen LogP contribution in [0.2, 0.25) is 0 Å². The van der Waals surface area contributed by atoms with Gasteiger partial charge in [0.1, 0.15) is 5.60 Å². The Bertz CT molecular complexity index is 518. The van der Waals surface area contributed by atoms with Gasteiger partial charge in [0.2, 0.25) is 5.91 Å². The van der Waals surface area contributed by atoms with E-state index in [4.69, 9.17) is 4.74 Å². The summed E-state index contributed by atoms with van der Waals surface area (Å²) in [4.78, 5) is 39.3. The van der Waals surface area contributed by atoms with Crippen LogP contribution in [0.5, 0.6) is 0 Å². The number of piperidine rings is 1. The van der Waals surface area contributed by atoms with Crippen LogP contribution in [0.4, 0.5) is 4.79 Å². The summed E-state index contributed by atoms with van der Waals surface area (Å²) < 4.78 is 5.46. The summed E-state index contributed by atoms with van der Waals surface area (Å²) in [6.45, 7) is 9.95. The van der Waals surface area contributed by atoms with E-state index < -0.39 is 5.60 Å². The van der Waals surface area contributed by atoms with Gasteiger partial charge in [-0.1, -0.05) is 11.8 Å². The lowest BCUT2D eigenvalue weighted by molar-refractivity contribution is -0.128. The van der Waals surface area contributed by atoms with Gasteiger partial charge in [-0.15, -0.1) is 0 Å². The third-order valence-corrected chi connectivity index (χ3v) is 5.51. The number of carbonyl (C=O) groups is 3. The van der Waals surface area contributed by atoms with Gasteiger partial charge in [-0.2, -0.15) is 0 Å². The van der Waals surface area contributed by atoms with Gasteiger partial charge in [-0.3, -0.25) is 9.59 Å². The van der Waals surface area contributed by atoms with Crippen LogP contribution in [0.25, 0.3) is 0 Å². The van der Waals surface area contributed by atoms with Crippen molar-refractivity contribution in [3.8, 4) is 0 Å². The highest BCUT2D eigenvalue weighted by atomic mass is 32.2. The van der Waals surface area contributed by atoms with Crippen molar-refractivity contribution in [1.29, 1.82) is 0 Å². The maximum Gasteiger partial charge on any atom is 0.410 e. The Hall–Kier alpha value is -1.24. The molecule has 2 saturated heterocycles. The van der Waals surface area contributed by atoms with Crippen molar-refractivity contribution in [2.24, 2.45) is 11.8 Å². The van der Waals surface area contributed by atoms with E-state index in [9.17, 15) is 14.4 Å². The van der Waals surface area contributed by atoms with Gasteiger partial charge < -0.3 is 14.5 Å². The summed E-state index contributed by atoms with van der Waals surface area (Å²) in [6, 6.07) is 0. The highest BCUT2D eigenvalue weighted by Crippen LogP contribution is 2.26. The Morgan fingerprint density at radius 3 is 2.60 bits per heavy atom. The summed E-state index contributed by atoms with van der Waals surface area (Å²) in [5.74, 6) is 1.44. The fourth-order valence-electron chi connectivity index (χ4n) is 3.40. The molecular formula is C18H30N2O4S. The summed E-state index contributed by atoms with van der Waals surface area (Å²) in [5, 5.41) is 0.103. The average molecular weight is 371 g/mol. The first-order valence-electron chi connectivity index (χ1n) is 9.03. The largest absolute Gasteiger partial charge is 0.444 e. The number of hydrogen-bond donors (Lipinski definition) is 0. The number of rotatable bonds is 4. The Morgan fingerprint density at radius 1 is 1.24 bits per heavy atom. The predicted octanol–water partition coefficient (Wildman–Crippen LogP) is 2.76. The van der Waals surface area contributed by atoms with Crippen molar-refractivity contribution >= 4 is 28.9 Å². The minimum absolute atomic E-state index is 0.103. The molecule has 2 rings (SSSR count). The third-order valence-electron chi connectivity index (χ3n) is 4.47. The average Bonchev–Trinajstić information content (AvgIpc) is 2.84. The second kappa shape index (κ2) is 8.43. The van der Waals surface area contributed by atoms with Crippen molar-refractivity contribution < 1.29 is 19.1 Å². The second-order valence-corrected chi connectivity index (χ2v) is 9.30. The zero-order valence-electron chi connectivity index (χ0n) is 15.7. The molecule has 0 N–H and O–H groups in total. The molecule has 25 heavy (non-hydrogen) atoms. The highest BCUT2D eigenvalue weighted by molar-refractivity contribution is 8.13. The number of hydrogen-bond acceptors (Lipinski definition) is 5. The number of carbonyl (C=O) groups excluding carboxylic acids is 3. The summed E-state index contributed by atoms with van der Waals surface area (Å²) in [5.41, 5.74) is -0.490. The molecule has 2 atom stereocenters. The molecule has 2 amide bonds. The van der Waals surface area contributed by atoms with Gasteiger partial charge in [0.15, 0.2) is 5.12 Å². The number of likely N-dealkylation sites (tertiary alicyclic amines) is 2. The normalized spacial score (nSPS) is 24.6. The molecule has 0 aromatic carbocycles. The van der Waals surface area contributed by atoms with Crippen LogP contribution in [0, 0.1) is 11.8 Å². The monoisotopic (exact) mass is 370 g/mol. The molecule has 2 aliphatic heterocycles. The molecule has 7 heteroatoms.